The highest BCUT2D eigenvalue weighted by atomic mass is 32.1. The van der Waals surface area contributed by atoms with E-state index in [-0.39, 0.29) is 5.91 Å². The molecular formula is C27H22N2O2S. The van der Waals surface area contributed by atoms with Gasteiger partial charge in [0.2, 0.25) is 0 Å². The van der Waals surface area contributed by atoms with Crippen LogP contribution in [0.2, 0.25) is 0 Å². The van der Waals surface area contributed by atoms with Gasteiger partial charge in [0.1, 0.15) is 18.1 Å². The van der Waals surface area contributed by atoms with E-state index in [2.05, 4.69) is 33.5 Å². The Hall–Kier alpha value is -3.83. The van der Waals surface area contributed by atoms with E-state index in [1.165, 1.54) is 0 Å². The molecule has 0 saturated carbocycles. The Morgan fingerprint density at radius 3 is 2.25 bits per heavy atom. The molecule has 4 nitrogen and oxygen atoms in total. The molecule has 5 aromatic rings. The van der Waals surface area contributed by atoms with Gasteiger partial charge in [0.25, 0.3) is 5.91 Å². The lowest BCUT2D eigenvalue weighted by Gasteiger charge is -2.12. The minimum Gasteiger partial charge on any atom is -0.489 e. The predicted octanol–water partition coefficient (Wildman–Crippen LogP) is 6.58. The lowest BCUT2D eigenvalue weighted by molar-refractivity contribution is 0.101. The highest BCUT2D eigenvalue weighted by Gasteiger charge is 2.17. The molecule has 0 spiro atoms. The van der Waals surface area contributed by atoms with Gasteiger partial charge in [-0.15, -0.1) is 11.3 Å². The Morgan fingerprint density at radius 2 is 1.53 bits per heavy atom. The lowest BCUT2D eigenvalue weighted by Crippen LogP contribution is -2.17. The molecule has 0 aliphatic carbocycles. The fourth-order valence-corrected chi connectivity index (χ4v) is 4.49. The first kappa shape index (κ1) is 20.1. The van der Waals surface area contributed by atoms with E-state index in [0.717, 1.165) is 32.8 Å². The number of nitrogens with one attached hydrogen (secondary N) is 1. The number of fused-ring (bicyclic) bond motifs is 1. The highest BCUT2D eigenvalue weighted by Crippen LogP contribution is 2.27. The second kappa shape index (κ2) is 9.12. The SMILES string of the molecule is O=C(Nc1ccc(OCc2ccccc2)cc1)c1cc2sccc2n1Cc1ccccc1. The fraction of sp³-hybridized carbons (Fsp3) is 0.0741. The van der Waals surface area contributed by atoms with Gasteiger partial charge in [-0.3, -0.25) is 4.79 Å². The summed E-state index contributed by atoms with van der Waals surface area (Å²) in [6, 6.07) is 31.8. The molecule has 5 rings (SSSR count). The summed E-state index contributed by atoms with van der Waals surface area (Å²) in [6.07, 6.45) is 0. The van der Waals surface area contributed by atoms with Gasteiger partial charge < -0.3 is 14.6 Å². The molecule has 0 aliphatic heterocycles. The first-order valence-electron chi connectivity index (χ1n) is 10.4. The molecule has 2 aromatic heterocycles. The highest BCUT2D eigenvalue weighted by molar-refractivity contribution is 7.17. The topological polar surface area (TPSA) is 43.3 Å². The van der Waals surface area contributed by atoms with Gasteiger partial charge in [-0.2, -0.15) is 0 Å². The van der Waals surface area contributed by atoms with E-state index < -0.39 is 0 Å². The van der Waals surface area contributed by atoms with Crippen LogP contribution >= 0.6 is 11.3 Å². The van der Waals surface area contributed by atoms with Crippen molar-refractivity contribution in [2.45, 2.75) is 13.2 Å². The summed E-state index contributed by atoms with van der Waals surface area (Å²) in [4.78, 5) is 13.1. The molecule has 1 N–H and O–H groups in total. The molecule has 0 atom stereocenters. The van der Waals surface area contributed by atoms with E-state index in [9.17, 15) is 4.79 Å². The summed E-state index contributed by atoms with van der Waals surface area (Å²) >= 11 is 1.64. The lowest BCUT2D eigenvalue weighted by atomic mass is 10.2. The number of carbonyl (C=O) groups excluding carboxylic acids is 1. The first-order chi connectivity index (χ1) is 15.8. The Morgan fingerprint density at radius 1 is 0.844 bits per heavy atom. The van der Waals surface area contributed by atoms with Crippen molar-refractivity contribution < 1.29 is 9.53 Å². The maximum atomic E-state index is 13.1. The summed E-state index contributed by atoms with van der Waals surface area (Å²) < 4.78 is 9.02. The van der Waals surface area contributed by atoms with Gasteiger partial charge in [-0.1, -0.05) is 60.7 Å². The summed E-state index contributed by atoms with van der Waals surface area (Å²) in [7, 11) is 0. The third-order valence-electron chi connectivity index (χ3n) is 5.30. The maximum absolute atomic E-state index is 13.1. The summed E-state index contributed by atoms with van der Waals surface area (Å²) in [5.41, 5.74) is 4.74. The van der Waals surface area contributed by atoms with Crippen molar-refractivity contribution in [1.29, 1.82) is 0 Å². The van der Waals surface area contributed by atoms with Gasteiger partial charge in [0.05, 0.1) is 10.2 Å². The number of ether oxygens (including phenoxy) is 1. The van der Waals surface area contributed by atoms with Crippen LogP contribution < -0.4 is 10.1 Å². The summed E-state index contributed by atoms with van der Waals surface area (Å²) in [6.45, 7) is 1.16. The number of carbonyl (C=O) groups is 1. The molecule has 158 valence electrons. The number of benzene rings is 3. The van der Waals surface area contributed by atoms with E-state index in [4.69, 9.17) is 4.74 Å². The van der Waals surface area contributed by atoms with Crippen LogP contribution in [0.1, 0.15) is 21.6 Å². The van der Waals surface area contributed by atoms with Crippen molar-refractivity contribution in [1.82, 2.24) is 4.57 Å². The van der Waals surface area contributed by atoms with Crippen molar-refractivity contribution in [3.63, 3.8) is 0 Å². The average Bonchev–Trinajstić information content (AvgIpc) is 3.43. The van der Waals surface area contributed by atoms with E-state index >= 15 is 0 Å². The molecule has 0 saturated heterocycles. The van der Waals surface area contributed by atoms with Crippen molar-refractivity contribution >= 4 is 33.1 Å². The van der Waals surface area contributed by atoms with E-state index in [1.807, 2.05) is 78.9 Å². The van der Waals surface area contributed by atoms with Gasteiger partial charge >= 0.3 is 0 Å². The van der Waals surface area contributed by atoms with Crippen LogP contribution in [-0.2, 0) is 13.2 Å². The standard InChI is InChI=1S/C27H22N2O2S/c30-27(28-22-11-13-23(14-12-22)31-19-21-9-5-2-6-10-21)25-17-26-24(15-16-32-26)29(25)18-20-7-3-1-4-8-20/h1-17H,18-19H2,(H,28,30). The number of rotatable bonds is 7. The number of nitrogens with zero attached hydrogens (tertiary/aromatic N) is 1. The third-order valence-corrected chi connectivity index (χ3v) is 6.15. The second-order valence-corrected chi connectivity index (χ2v) is 8.47. The fourth-order valence-electron chi connectivity index (χ4n) is 3.67. The van der Waals surface area contributed by atoms with E-state index in [0.29, 0.717) is 18.8 Å². The van der Waals surface area contributed by atoms with Gasteiger partial charge in [-0.25, -0.2) is 0 Å². The minimum atomic E-state index is -0.123. The second-order valence-electron chi connectivity index (χ2n) is 7.52. The van der Waals surface area contributed by atoms with Crippen LogP contribution in [0.3, 0.4) is 0 Å². The average molecular weight is 439 g/mol. The zero-order chi connectivity index (χ0) is 21.8. The molecule has 0 unspecified atom stereocenters. The van der Waals surface area contributed by atoms with Crippen LogP contribution in [-0.4, -0.2) is 10.5 Å². The molecular weight excluding hydrogens is 416 g/mol. The molecule has 2 heterocycles. The molecule has 0 bridgehead atoms. The minimum absolute atomic E-state index is 0.123. The smallest absolute Gasteiger partial charge is 0.272 e. The molecule has 5 heteroatoms. The van der Waals surface area contributed by atoms with Crippen molar-refractivity contribution in [3.8, 4) is 5.75 Å². The number of aromatic nitrogens is 1. The quantitative estimate of drug-likeness (QED) is 0.312. The van der Waals surface area contributed by atoms with Crippen molar-refractivity contribution in [3.05, 3.63) is 119 Å². The number of amides is 1. The maximum Gasteiger partial charge on any atom is 0.272 e. The Labute approximate surface area is 190 Å². The Balaban J connectivity index is 1.30. The summed E-state index contributed by atoms with van der Waals surface area (Å²) in [5, 5.41) is 5.08. The van der Waals surface area contributed by atoms with E-state index in [1.54, 1.807) is 11.3 Å². The molecule has 1 amide bonds. The van der Waals surface area contributed by atoms with Gasteiger partial charge in [0, 0.05) is 12.2 Å². The molecule has 0 fully saturated rings. The molecule has 0 aliphatic rings. The largest absolute Gasteiger partial charge is 0.489 e. The predicted molar refractivity (Wildman–Crippen MR) is 131 cm³/mol. The summed E-state index contributed by atoms with van der Waals surface area (Å²) in [5.74, 6) is 0.641. The van der Waals surface area contributed by atoms with Crippen LogP contribution in [0.25, 0.3) is 10.2 Å². The Bertz CT molecular complexity index is 1320. The number of anilines is 1. The number of thiophene rings is 1. The normalized spacial score (nSPS) is 10.9. The van der Waals surface area contributed by atoms with Crippen LogP contribution in [0.4, 0.5) is 5.69 Å². The number of hydrogen-bond donors (Lipinski definition) is 1. The first-order valence-corrected chi connectivity index (χ1v) is 11.3. The molecule has 32 heavy (non-hydrogen) atoms. The zero-order valence-corrected chi connectivity index (χ0v) is 18.2. The van der Waals surface area contributed by atoms with Crippen LogP contribution in [0.5, 0.6) is 5.75 Å². The zero-order valence-electron chi connectivity index (χ0n) is 17.4. The third kappa shape index (κ3) is 4.43. The Kier molecular flexibility index (Phi) is 5.73. The van der Waals surface area contributed by atoms with Crippen LogP contribution in [0.15, 0.2) is 102 Å². The number of hydrogen-bond acceptors (Lipinski definition) is 3. The monoisotopic (exact) mass is 438 g/mol. The van der Waals surface area contributed by atoms with Gasteiger partial charge in [-0.05, 0) is 52.9 Å². The molecule has 0 radical (unpaired) electrons. The van der Waals surface area contributed by atoms with Crippen molar-refractivity contribution in [2.24, 2.45) is 0 Å². The van der Waals surface area contributed by atoms with Crippen molar-refractivity contribution in [2.75, 3.05) is 5.32 Å². The van der Waals surface area contributed by atoms with Crippen LogP contribution in [0, 0.1) is 0 Å². The van der Waals surface area contributed by atoms with Gasteiger partial charge in [0.15, 0.2) is 0 Å². The molecule has 3 aromatic carbocycles.